The molecule has 0 fully saturated rings. The Morgan fingerprint density at radius 1 is 0.404 bits per heavy atom. The lowest BCUT2D eigenvalue weighted by molar-refractivity contribution is 0.669. The van der Waals surface area contributed by atoms with Gasteiger partial charge in [0.25, 0.3) is 0 Å². The lowest BCUT2D eigenvalue weighted by Crippen LogP contribution is -2.10. The first kappa shape index (κ1) is 29.1. The summed E-state index contributed by atoms with van der Waals surface area (Å²) in [6.45, 7) is 0. The quantitative estimate of drug-likeness (QED) is 0.181. The zero-order chi connectivity index (χ0) is 34.2. The van der Waals surface area contributed by atoms with Crippen LogP contribution < -0.4 is 4.90 Å². The molecule has 0 aliphatic rings. The summed E-state index contributed by atoms with van der Waals surface area (Å²) in [6.07, 6.45) is 0. The molecular weight excluding hydrogens is 655 g/mol. The highest BCUT2D eigenvalue weighted by Gasteiger charge is 2.24. The molecule has 0 spiro atoms. The van der Waals surface area contributed by atoms with Gasteiger partial charge in [-0.1, -0.05) is 133 Å². The van der Waals surface area contributed by atoms with E-state index in [-0.39, 0.29) is 0 Å². The maximum atomic E-state index is 7.04. The van der Waals surface area contributed by atoms with Crippen LogP contribution in [-0.4, -0.2) is 0 Å². The Balaban J connectivity index is 1.23. The van der Waals surface area contributed by atoms with E-state index in [0.29, 0.717) is 0 Å². The van der Waals surface area contributed by atoms with Crippen molar-refractivity contribution in [2.75, 3.05) is 4.90 Å². The van der Waals surface area contributed by atoms with Gasteiger partial charge in [0.2, 0.25) is 0 Å². The number of anilines is 3. The van der Waals surface area contributed by atoms with Crippen molar-refractivity contribution in [3.05, 3.63) is 176 Å². The third-order valence-corrected chi connectivity index (χ3v) is 11.5. The van der Waals surface area contributed by atoms with E-state index in [1.165, 1.54) is 31.3 Å². The van der Waals surface area contributed by atoms with E-state index in [9.17, 15) is 0 Å². The van der Waals surface area contributed by atoms with Gasteiger partial charge in [-0.3, -0.25) is 0 Å². The minimum atomic E-state index is 0.847. The van der Waals surface area contributed by atoms with Gasteiger partial charge in [-0.15, -0.1) is 11.3 Å². The Morgan fingerprint density at radius 2 is 1.02 bits per heavy atom. The normalized spacial score (nSPS) is 11.8. The molecule has 0 unspecified atom stereocenters. The lowest BCUT2D eigenvalue weighted by atomic mass is 10.0. The highest BCUT2D eigenvalue weighted by Crippen LogP contribution is 2.50. The molecule has 11 aromatic rings. The van der Waals surface area contributed by atoms with Crippen LogP contribution in [0.15, 0.2) is 185 Å². The molecule has 0 saturated carbocycles. The van der Waals surface area contributed by atoms with Gasteiger partial charge >= 0.3 is 0 Å². The Hall–Kier alpha value is -6.62. The molecule has 0 radical (unpaired) electrons. The molecule has 11 rings (SSSR count). The highest BCUT2D eigenvalue weighted by molar-refractivity contribution is 7.26. The summed E-state index contributed by atoms with van der Waals surface area (Å²) < 4.78 is 15.9. The number of hydrogen-bond donors (Lipinski definition) is 0. The van der Waals surface area contributed by atoms with Crippen LogP contribution in [-0.2, 0) is 0 Å². The molecule has 4 heteroatoms. The summed E-state index contributed by atoms with van der Waals surface area (Å²) in [4.78, 5) is 2.39. The van der Waals surface area contributed by atoms with E-state index in [1.54, 1.807) is 0 Å². The number of nitrogens with zero attached hydrogens (tertiary/aromatic N) is 1. The van der Waals surface area contributed by atoms with Gasteiger partial charge < -0.3 is 13.7 Å². The molecule has 3 heterocycles. The predicted octanol–water partition coefficient (Wildman–Crippen LogP) is 14.7. The van der Waals surface area contributed by atoms with Crippen LogP contribution in [0.2, 0.25) is 0 Å². The molecule has 0 amide bonds. The van der Waals surface area contributed by atoms with Crippen LogP contribution in [0.1, 0.15) is 0 Å². The summed E-state index contributed by atoms with van der Waals surface area (Å²) in [5, 5.41) is 6.81. The number of thiophene rings is 1. The minimum Gasteiger partial charge on any atom is -0.456 e. The number of fused-ring (bicyclic) bond motifs is 9. The molecule has 3 nitrogen and oxygen atoms in total. The molecular formula is C48H29NO2S. The second kappa shape index (κ2) is 11.5. The molecule has 3 aromatic heterocycles. The summed E-state index contributed by atoms with van der Waals surface area (Å²) in [5.74, 6) is 0. The van der Waals surface area contributed by atoms with Crippen LogP contribution in [0, 0.1) is 0 Å². The molecule has 0 aliphatic heterocycles. The molecule has 8 aromatic carbocycles. The van der Waals surface area contributed by atoms with Crippen molar-refractivity contribution in [2.24, 2.45) is 0 Å². The Labute approximate surface area is 303 Å². The summed E-state index contributed by atoms with van der Waals surface area (Å²) in [6, 6.07) is 62.3. The first-order valence-electron chi connectivity index (χ1n) is 17.5. The van der Waals surface area contributed by atoms with E-state index < -0.39 is 0 Å². The molecule has 0 N–H and O–H groups in total. The Kier molecular flexibility index (Phi) is 6.42. The smallest absolute Gasteiger partial charge is 0.159 e. The fraction of sp³-hybridized carbons (Fsp3) is 0. The standard InChI is InChI=1S/C48H29NO2S/c1-3-13-30(14-4-1)33-18-9-20-36-37-21-11-24-41(47(37)51-46(33)36)49(32-27-28-43-39(29-32)35-17-7-8-25-42(35)50-43)40-23-12-26-44-45(40)38-22-10-19-34(48(38)52-44)31-15-5-2-6-16-31/h1-29H. The molecule has 244 valence electrons. The first-order valence-corrected chi connectivity index (χ1v) is 18.3. The molecule has 52 heavy (non-hydrogen) atoms. The van der Waals surface area contributed by atoms with E-state index in [2.05, 4.69) is 169 Å². The van der Waals surface area contributed by atoms with Crippen molar-refractivity contribution in [3.8, 4) is 22.3 Å². The zero-order valence-electron chi connectivity index (χ0n) is 27.9. The van der Waals surface area contributed by atoms with Crippen molar-refractivity contribution in [2.45, 2.75) is 0 Å². The predicted molar refractivity (Wildman–Crippen MR) is 219 cm³/mol. The number of furan rings is 2. The zero-order valence-corrected chi connectivity index (χ0v) is 28.7. The van der Waals surface area contributed by atoms with Crippen LogP contribution in [0.4, 0.5) is 17.1 Å². The van der Waals surface area contributed by atoms with Crippen molar-refractivity contribution >= 4 is 92.4 Å². The number of hydrogen-bond acceptors (Lipinski definition) is 4. The fourth-order valence-electron chi connectivity index (χ4n) is 7.95. The van der Waals surface area contributed by atoms with Gasteiger partial charge in [-0.25, -0.2) is 0 Å². The second-order valence-electron chi connectivity index (χ2n) is 13.2. The topological polar surface area (TPSA) is 29.5 Å². The molecule has 0 aliphatic carbocycles. The largest absolute Gasteiger partial charge is 0.456 e. The van der Waals surface area contributed by atoms with E-state index in [1.807, 2.05) is 23.5 Å². The van der Waals surface area contributed by atoms with E-state index >= 15 is 0 Å². The van der Waals surface area contributed by atoms with Gasteiger partial charge in [0.05, 0.1) is 11.4 Å². The van der Waals surface area contributed by atoms with Gasteiger partial charge in [-0.2, -0.15) is 0 Å². The summed E-state index contributed by atoms with van der Waals surface area (Å²) in [5.41, 5.74) is 11.3. The Morgan fingerprint density at radius 3 is 1.85 bits per heavy atom. The highest BCUT2D eigenvalue weighted by atomic mass is 32.1. The Bertz CT molecular complexity index is 3130. The number of benzene rings is 8. The van der Waals surface area contributed by atoms with Gasteiger partial charge in [-0.05, 0) is 59.2 Å². The molecule has 0 atom stereocenters. The average molecular weight is 684 g/mol. The number of para-hydroxylation sites is 3. The molecule has 0 bridgehead atoms. The SMILES string of the molecule is c1ccc(-c2cccc3c2oc2c(N(c4ccc5oc6ccccc6c5c4)c4cccc5sc6c(-c7ccccc7)cccc6c45)cccc23)cc1. The van der Waals surface area contributed by atoms with Crippen LogP contribution in [0.25, 0.3) is 86.3 Å². The van der Waals surface area contributed by atoms with Crippen LogP contribution in [0.3, 0.4) is 0 Å². The average Bonchev–Trinajstić information content (AvgIpc) is 3.90. The second-order valence-corrected chi connectivity index (χ2v) is 14.3. The summed E-state index contributed by atoms with van der Waals surface area (Å²) in [7, 11) is 0. The van der Waals surface area contributed by atoms with Gasteiger partial charge in [0, 0.05) is 53.0 Å². The maximum Gasteiger partial charge on any atom is 0.159 e. The third-order valence-electron chi connectivity index (χ3n) is 10.3. The van der Waals surface area contributed by atoms with E-state index in [0.717, 1.165) is 72.1 Å². The van der Waals surface area contributed by atoms with Crippen LogP contribution in [0.5, 0.6) is 0 Å². The van der Waals surface area contributed by atoms with Gasteiger partial charge in [0.1, 0.15) is 16.7 Å². The third kappa shape index (κ3) is 4.38. The number of rotatable bonds is 5. The van der Waals surface area contributed by atoms with Crippen molar-refractivity contribution in [3.63, 3.8) is 0 Å². The lowest BCUT2D eigenvalue weighted by Gasteiger charge is -2.26. The monoisotopic (exact) mass is 683 g/mol. The van der Waals surface area contributed by atoms with Gasteiger partial charge in [0.15, 0.2) is 5.58 Å². The minimum absolute atomic E-state index is 0.847. The summed E-state index contributed by atoms with van der Waals surface area (Å²) >= 11 is 1.85. The molecule has 0 saturated heterocycles. The van der Waals surface area contributed by atoms with Crippen LogP contribution >= 0.6 is 11.3 Å². The maximum absolute atomic E-state index is 7.04. The van der Waals surface area contributed by atoms with Crippen molar-refractivity contribution in [1.82, 2.24) is 0 Å². The van der Waals surface area contributed by atoms with Crippen molar-refractivity contribution in [1.29, 1.82) is 0 Å². The first-order chi connectivity index (χ1) is 25.8. The fourth-order valence-corrected chi connectivity index (χ4v) is 9.21. The van der Waals surface area contributed by atoms with E-state index in [4.69, 9.17) is 8.83 Å². The van der Waals surface area contributed by atoms with Crippen molar-refractivity contribution < 1.29 is 8.83 Å².